The van der Waals surface area contributed by atoms with Gasteiger partial charge in [0.25, 0.3) is 0 Å². The molecule has 0 saturated carbocycles. The Morgan fingerprint density at radius 2 is 1.97 bits per heavy atom. The van der Waals surface area contributed by atoms with Crippen LogP contribution in [0.25, 0.3) is 11.3 Å². The number of anilines is 1. The van der Waals surface area contributed by atoms with Crippen molar-refractivity contribution in [3.05, 3.63) is 77.8 Å². The number of amides is 1. The third-order valence-electron chi connectivity index (χ3n) is 4.95. The van der Waals surface area contributed by atoms with Crippen molar-refractivity contribution in [3.63, 3.8) is 0 Å². The Kier molecular flexibility index (Phi) is 5.70. The Morgan fingerprint density at radius 3 is 2.63 bits per heavy atom. The zero-order valence-electron chi connectivity index (χ0n) is 16.4. The molecule has 1 unspecified atom stereocenters. The molecule has 7 heteroatoms. The van der Waals surface area contributed by atoms with E-state index >= 15 is 0 Å². The Bertz CT molecular complexity index is 1090. The largest absolute Gasteiger partial charge is 0.497 e. The molecule has 1 aliphatic heterocycles. The summed E-state index contributed by atoms with van der Waals surface area (Å²) < 4.78 is 18.5. The summed E-state index contributed by atoms with van der Waals surface area (Å²) in [5.41, 5.74) is 3.18. The Balaban J connectivity index is 1.60. The van der Waals surface area contributed by atoms with E-state index in [0.717, 1.165) is 22.4 Å². The van der Waals surface area contributed by atoms with Crippen LogP contribution in [0, 0.1) is 5.82 Å². The van der Waals surface area contributed by atoms with Gasteiger partial charge in [0.15, 0.2) is 0 Å². The number of rotatable bonds is 6. The molecular weight excluding hydrogens is 383 g/mol. The number of hydrogen-bond acceptors (Lipinski definition) is 4. The predicted octanol–water partition coefficient (Wildman–Crippen LogP) is 4.48. The molecule has 2 aromatic carbocycles. The van der Waals surface area contributed by atoms with Crippen LogP contribution in [0.1, 0.15) is 23.5 Å². The van der Waals surface area contributed by atoms with Crippen LogP contribution in [0.15, 0.2) is 65.8 Å². The number of carbonyl (C=O) groups is 1. The van der Waals surface area contributed by atoms with E-state index in [1.54, 1.807) is 25.4 Å². The summed E-state index contributed by atoms with van der Waals surface area (Å²) in [6.07, 6.45) is 6.44. The third kappa shape index (κ3) is 4.30. The number of aromatic amines is 1. The van der Waals surface area contributed by atoms with Crippen molar-refractivity contribution in [2.75, 3.05) is 12.4 Å². The highest BCUT2D eigenvalue weighted by atomic mass is 19.1. The first kappa shape index (κ1) is 19.6. The molecule has 2 N–H and O–H groups in total. The molecular formula is C23H21FN4O2. The van der Waals surface area contributed by atoms with Gasteiger partial charge in [-0.3, -0.25) is 14.9 Å². The van der Waals surface area contributed by atoms with E-state index in [-0.39, 0.29) is 24.1 Å². The van der Waals surface area contributed by atoms with Gasteiger partial charge in [0.05, 0.1) is 19.2 Å². The first-order valence-corrected chi connectivity index (χ1v) is 9.59. The highest BCUT2D eigenvalue weighted by molar-refractivity contribution is 5.93. The maximum Gasteiger partial charge on any atom is 0.229 e. The quantitative estimate of drug-likeness (QED) is 0.636. The lowest BCUT2D eigenvalue weighted by molar-refractivity contribution is -0.115. The van der Waals surface area contributed by atoms with Gasteiger partial charge in [0.1, 0.15) is 17.4 Å². The van der Waals surface area contributed by atoms with Crippen molar-refractivity contribution in [3.8, 4) is 17.0 Å². The topological polar surface area (TPSA) is 79.4 Å². The van der Waals surface area contributed by atoms with E-state index < -0.39 is 0 Å². The van der Waals surface area contributed by atoms with Crippen molar-refractivity contribution in [2.24, 2.45) is 4.99 Å². The second-order valence-corrected chi connectivity index (χ2v) is 6.96. The number of nitrogens with zero attached hydrogens (tertiary/aromatic N) is 2. The van der Waals surface area contributed by atoms with Crippen molar-refractivity contribution >= 4 is 17.9 Å². The highest BCUT2D eigenvalue weighted by Crippen LogP contribution is 2.36. The first-order chi connectivity index (χ1) is 14.6. The third-order valence-corrected chi connectivity index (χ3v) is 4.95. The van der Waals surface area contributed by atoms with E-state index in [9.17, 15) is 9.18 Å². The predicted molar refractivity (Wildman–Crippen MR) is 114 cm³/mol. The maximum atomic E-state index is 13.4. The number of halogens is 1. The Morgan fingerprint density at radius 1 is 1.20 bits per heavy atom. The molecule has 0 aliphatic carbocycles. The monoisotopic (exact) mass is 404 g/mol. The Hall–Kier alpha value is -3.74. The summed E-state index contributed by atoms with van der Waals surface area (Å²) in [6.45, 7) is 0. The summed E-state index contributed by atoms with van der Waals surface area (Å²) >= 11 is 0. The number of ether oxygens (including phenoxy) is 1. The highest BCUT2D eigenvalue weighted by Gasteiger charge is 2.23. The number of carbonyl (C=O) groups excluding carboxylic acids is 1. The minimum Gasteiger partial charge on any atom is -0.497 e. The number of nitrogens with one attached hydrogen (secondary N) is 2. The Labute approximate surface area is 173 Å². The van der Waals surface area contributed by atoms with Gasteiger partial charge < -0.3 is 10.1 Å². The number of aromatic nitrogens is 2. The minimum absolute atomic E-state index is 0.00223. The van der Waals surface area contributed by atoms with Crippen LogP contribution in [0.5, 0.6) is 5.75 Å². The number of aliphatic imine (C=N–C) groups is 1. The minimum atomic E-state index is -0.312. The second kappa shape index (κ2) is 8.73. The molecule has 1 atom stereocenters. The van der Waals surface area contributed by atoms with Crippen LogP contribution in [-0.2, 0) is 11.2 Å². The molecule has 1 amide bonds. The number of hydrogen-bond donors (Lipinski definition) is 2. The molecule has 1 aromatic heterocycles. The van der Waals surface area contributed by atoms with Crippen LogP contribution < -0.4 is 10.1 Å². The van der Waals surface area contributed by atoms with E-state index in [4.69, 9.17) is 4.74 Å². The van der Waals surface area contributed by atoms with Gasteiger partial charge in [-0.05, 0) is 48.4 Å². The van der Waals surface area contributed by atoms with Gasteiger partial charge >= 0.3 is 0 Å². The van der Waals surface area contributed by atoms with Crippen LogP contribution in [0.3, 0.4) is 0 Å². The molecule has 0 fully saturated rings. The molecule has 6 nitrogen and oxygen atoms in total. The van der Waals surface area contributed by atoms with E-state index in [1.165, 1.54) is 12.1 Å². The fraction of sp³-hybridized carbons (Fsp3) is 0.174. The molecule has 0 saturated heterocycles. The first-order valence-electron chi connectivity index (χ1n) is 9.59. The van der Waals surface area contributed by atoms with E-state index in [1.807, 2.05) is 36.6 Å². The van der Waals surface area contributed by atoms with Crippen molar-refractivity contribution < 1.29 is 13.9 Å². The van der Waals surface area contributed by atoms with Gasteiger partial charge in [-0.2, -0.15) is 5.10 Å². The molecule has 0 radical (unpaired) electrons. The number of benzene rings is 2. The van der Waals surface area contributed by atoms with Crippen LogP contribution in [0.4, 0.5) is 10.2 Å². The van der Waals surface area contributed by atoms with Gasteiger partial charge in [0, 0.05) is 29.5 Å². The average Bonchev–Trinajstić information content (AvgIpc) is 3.18. The van der Waals surface area contributed by atoms with E-state index in [0.29, 0.717) is 17.9 Å². The molecule has 4 rings (SSSR count). The fourth-order valence-electron chi connectivity index (χ4n) is 3.43. The number of methoxy groups -OCH3 is 1. The SMILES string of the molecule is COc1ccc(CC(=O)Nc2[nH]nc(-c3ccc(F)cc3)c2C2C=CN=CC2)cc1. The van der Waals surface area contributed by atoms with E-state index in [2.05, 4.69) is 20.5 Å². The zero-order chi connectivity index (χ0) is 20.9. The summed E-state index contributed by atoms with van der Waals surface area (Å²) in [4.78, 5) is 16.8. The summed E-state index contributed by atoms with van der Waals surface area (Å²) in [6, 6.07) is 13.5. The van der Waals surface area contributed by atoms with Gasteiger partial charge in [0.2, 0.25) is 5.91 Å². The van der Waals surface area contributed by atoms with Gasteiger partial charge in [-0.25, -0.2) is 4.39 Å². The zero-order valence-corrected chi connectivity index (χ0v) is 16.4. The average molecular weight is 404 g/mol. The maximum absolute atomic E-state index is 13.4. The van der Waals surface area contributed by atoms with Gasteiger partial charge in [-0.15, -0.1) is 0 Å². The standard InChI is InChI=1S/C23H21FN4O2/c1-30-19-8-2-15(3-9-19)14-20(29)26-23-21(16-10-12-25-13-11-16)22(27-28-23)17-4-6-18(24)7-5-17/h2-10,12-13,16H,11,14H2,1H3,(H2,26,27,28,29). The van der Waals surface area contributed by atoms with Gasteiger partial charge in [-0.1, -0.05) is 18.2 Å². The normalized spacial score (nSPS) is 15.2. The van der Waals surface area contributed by atoms with Crippen molar-refractivity contribution in [2.45, 2.75) is 18.8 Å². The number of H-pyrrole nitrogens is 1. The van der Waals surface area contributed by atoms with Crippen LogP contribution in [0.2, 0.25) is 0 Å². The van der Waals surface area contributed by atoms with Crippen molar-refractivity contribution in [1.82, 2.24) is 10.2 Å². The molecule has 152 valence electrons. The van der Waals surface area contributed by atoms with Crippen molar-refractivity contribution in [1.29, 1.82) is 0 Å². The summed E-state index contributed by atoms with van der Waals surface area (Å²) in [5.74, 6) is 0.804. The summed E-state index contributed by atoms with van der Waals surface area (Å²) in [5, 5.41) is 10.3. The lowest BCUT2D eigenvalue weighted by Crippen LogP contribution is -2.16. The molecule has 1 aliphatic rings. The number of allylic oxidation sites excluding steroid dienone is 1. The second-order valence-electron chi connectivity index (χ2n) is 6.96. The molecule has 0 bridgehead atoms. The lowest BCUT2D eigenvalue weighted by Gasteiger charge is -2.16. The smallest absolute Gasteiger partial charge is 0.229 e. The molecule has 2 heterocycles. The lowest BCUT2D eigenvalue weighted by atomic mass is 9.92. The van der Waals surface area contributed by atoms with Crippen LogP contribution in [-0.4, -0.2) is 29.4 Å². The molecule has 3 aromatic rings. The summed E-state index contributed by atoms with van der Waals surface area (Å²) in [7, 11) is 1.60. The molecule has 0 spiro atoms. The molecule has 30 heavy (non-hydrogen) atoms. The fourth-order valence-corrected chi connectivity index (χ4v) is 3.43. The van der Waals surface area contributed by atoms with Crippen LogP contribution >= 0.6 is 0 Å².